The van der Waals surface area contributed by atoms with Gasteiger partial charge in [-0.05, 0) is 12.8 Å². The highest BCUT2D eigenvalue weighted by molar-refractivity contribution is 4.82. The monoisotopic (exact) mass is 212 g/mol. The van der Waals surface area contributed by atoms with Gasteiger partial charge < -0.3 is 9.84 Å². The molecule has 0 saturated heterocycles. The van der Waals surface area contributed by atoms with E-state index in [4.69, 9.17) is 11.2 Å². The van der Waals surface area contributed by atoms with E-state index in [0.29, 0.717) is 6.42 Å². The average molecular weight is 212 g/mol. The topological polar surface area (TPSA) is 29.5 Å². The Labute approximate surface area is 94.0 Å². The Hall–Kier alpha value is -0.520. The summed E-state index contributed by atoms with van der Waals surface area (Å²) in [4.78, 5) is 0. The first-order chi connectivity index (χ1) is 7.31. The zero-order valence-electron chi connectivity index (χ0n) is 9.87. The smallest absolute Gasteiger partial charge is 0.155 e. The highest BCUT2D eigenvalue weighted by Gasteiger charge is 2.01. The van der Waals surface area contributed by atoms with Crippen LogP contribution in [0.2, 0.25) is 0 Å². The fraction of sp³-hybridized carbons (Fsp3) is 0.846. The number of hydrogen-bond donors (Lipinski definition) is 1. The molecular weight excluding hydrogens is 188 g/mol. The molecule has 0 aliphatic heterocycles. The van der Waals surface area contributed by atoms with Crippen LogP contribution in [0.4, 0.5) is 0 Å². The Balaban J connectivity index is 3.06. The van der Waals surface area contributed by atoms with Gasteiger partial charge in [-0.15, -0.1) is 6.42 Å². The van der Waals surface area contributed by atoms with Crippen molar-refractivity contribution in [2.75, 3.05) is 6.61 Å². The fourth-order valence-electron chi connectivity index (χ4n) is 1.50. The van der Waals surface area contributed by atoms with Crippen LogP contribution in [0.1, 0.15) is 58.3 Å². The fourth-order valence-corrected chi connectivity index (χ4v) is 1.50. The van der Waals surface area contributed by atoms with Crippen molar-refractivity contribution in [2.45, 2.75) is 64.6 Å². The summed E-state index contributed by atoms with van der Waals surface area (Å²) in [5.41, 5.74) is 0. The third kappa shape index (κ3) is 11.4. The van der Waals surface area contributed by atoms with Crippen molar-refractivity contribution in [3.05, 3.63) is 0 Å². The van der Waals surface area contributed by atoms with Crippen LogP contribution >= 0.6 is 0 Å². The molecule has 0 spiro atoms. The summed E-state index contributed by atoms with van der Waals surface area (Å²) >= 11 is 0. The van der Waals surface area contributed by atoms with Gasteiger partial charge in [0.2, 0.25) is 0 Å². The van der Waals surface area contributed by atoms with Crippen molar-refractivity contribution in [2.24, 2.45) is 0 Å². The Bertz CT molecular complexity index is 160. The summed E-state index contributed by atoms with van der Waals surface area (Å²) in [5.74, 6) is 2.34. The molecule has 0 aliphatic rings. The number of terminal acetylenes is 1. The second-order valence-electron chi connectivity index (χ2n) is 3.88. The van der Waals surface area contributed by atoms with Crippen LogP contribution < -0.4 is 0 Å². The van der Waals surface area contributed by atoms with Gasteiger partial charge >= 0.3 is 0 Å². The van der Waals surface area contributed by atoms with Crippen LogP contribution in [0.3, 0.4) is 0 Å². The van der Waals surface area contributed by atoms with Crippen LogP contribution in [0.5, 0.6) is 0 Å². The molecule has 15 heavy (non-hydrogen) atoms. The lowest BCUT2D eigenvalue weighted by molar-refractivity contribution is -0.0920. The molecular formula is C13H24O2. The minimum atomic E-state index is -0.670. The highest BCUT2D eigenvalue weighted by Crippen LogP contribution is 2.09. The van der Waals surface area contributed by atoms with Crippen molar-refractivity contribution < 1.29 is 9.84 Å². The van der Waals surface area contributed by atoms with Gasteiger partial charge in [0.1, 0.15) is 6.61 Å². The maximum atomic E-state index is 9.30. The minimum Gasteiger partial charge on any atom is -0.368 e. The molecule has 0 fully saturated rings. The SMILES string of the molecule is C#CCOC(O)CCCCCCCCC. The van der Waals surface area contributed by atoms with Gasteiger partial charge in [0, 0.05) is 0 Å². The predicted octanol–water partition coefficient (Wildman–Crippen LogP) is 3.10. The molecule has 2 heteroatoms. The summed E-state index contributed by atoms with van der Waals surface area (Å²) in [6.07, 6.45) is 13.8. The lowest BCUT2D eigenvalue weighted by Crippen LogP contribution is -2.11. The first-order valence-corrected chi connectivity index (χ1v) is 6.04. The summed E-state index contributed by atoms with van der Waals surface area (Å²) in [7, 11) is 0. The van der Waals surface area contributed by atoms with E-state index in [0.717, 1.165) is 6.42 Å². The largest absolute Gasteiger partial charge is 0.368 e. The molecule has 1 unspecified atom stereocenters. The summed E-state index contributed by atoms with van der Waals surface area (Å²) < 4.78 is 4.96. The number of rotatable bonds is 10. The predicted molar refractivity (Wildman–Crippen MR) is 63.4 cm³/mol. The maximum Gasteiger partial charge on any atom is 0.155 e. The standard InChI is InChI=1S/C13H24O2/c1-3-5-6-7-8-9-10-11-13(14)15-12-4-2/h2,13-14H,3,5-12H2,1H3. The van der Waals surface area contributed by atoms with Gasteiger partial charge in [0.05, 0.1) is 0 Å². The van der Waals surface area contributed by atoms with E-state index in [9.17, 15) is 5.11 Å². The van der Waals surface area contributed by atoms with E-state index in [1.807, 2.05) is 0 Å². The van der Waals surface area contributed by atoms with Crippen LogP contribution in [0.15, 0.2) is 0 Å². The number of aliphatic hydroxyl groups is 1. The Morgan fingerprint density at radius 2 is 1.73 bits per heavy atom. The number of ether oxygens (including phenoxy) is 1. The summed E-state index contributed by atoms with van der Waals surface area (Å²) in [6, 6.07) is 0. The first-order valence-electron chi connectivity index (χ1n) is 6.04. The zero-order valence-corrected chi connectivity index (χ0v) is 9.87. The molecule has 1 N–H and O–H groups in total. The second kappa shape index (κ2) is 11.6. The lowest BCUT2D eigenvalue weighted by Gasteiger charge is -2.09. The van der Waals surface area contributed by atoms with Crippen molar-refractivity contribution >= 4 is 0 Å². The van der Waals surface area contributed by atoms with E-state index in [1.54, 1.807) is 0 Å². The number of unbranched alkanes of at least 4 members (excludes halogenated alkanes) is 6. The molecule has 0 saturated carbocycles. The highest BCUT2D eigenvalue weighted by atomic mass is 16.6. The molecule has 0 aromatic heterocycles. The molecule has 0 rings (SSSR count). The molecule has 0 heterocycles. The van der Waals surface area contributed by atoms with Crippen molar-refractivity contribution in [3.63, 3.8) is 0 Å². The molecule has 0 aliphatic carbocycles. The second-order valence-corrected chi connectivity index (χ2v) is 3.88. The van der Waals surface area contributed by atoms with E-state index < -0.39 is 6.29 Å². The zero-order chi connectivity index (χ0) is 11.4. The number of aliphatic hydroxyl groups excluding tert-OH is 1. The molecule has 0 amide bonds. The molecule has 0 aromatic rings. The van der Waals surface area contributed by atoms with Crippen molar-refractivity contribution in [1.29, 1.82) is 0 Å². The quantitative estimate of drug-likeness (QED) is 0.342. The molecule has 0 bridgehead atoms. The minimum absolute atomic E-state index is 0.206. The third-order valence-electron chi connectivity index (χ3n) is 2.41. The Morgan fingerprint density at radius 3 is 2.33 bits per heavy atom. The van der Waals surface area contributed by atoms with Gasteiger partial charge in [-0.2, -0.15) is 0 Å². The maximum absolute atomic E-state index is 9.30. The summed E-state index contributed by atoms with van der Waals surface area (Å²) in [6.45, 7) is 2.43. The number of hydrogen-bond acceptors (Lipinski definition) is 2. The van der Waals surface area contributed by atoms with E-state index >= 15 is 0 Å². The van der Waals surface area contributed by atoms with Crippen LogP contribution in [0, 0.1) is 12.3 Å². The first kappa shape index (κ1) is 14.5. The summed E-state index contributed by atoms with van der Waals surface area (Å²) in [5, 5.41) is 9.30. The van der Waals surface area contributed by atoms with Crippen LogP contribution in [-0.4, -0.2) is 18.0 Å². The lowest BCUT2D eigenvalue weighted by atomic mass is 10.1. The third-order valence-corrected chi connectivity index (χ3v) is 2.41. The molecule has 0 radical (unpaired) electrons. The van der Waals surface area contributed by atoms with Crippen molar-refractivity contribution in [3.8, 4) is 12.3 Å². The van der Waals surface area contributed by atoms with Gasteiger partial charge in [-0.3, -0.25) is 0 Å². The Kier molecular flexibility index (Phi) is 11.2. The van der Waals surface area contributed by atoms with E-state index in [-0.39, 0.29) is 6.61 Å². The van der Waals surface area contributed by atoms with Gasteiger partial charge in [-0.1, -0.05) is 51.4 Å². The van der Waals surface area contributed by atoms with Crippen molar-refractivity contribution in [1.82, 2.24) is 0 Å². The van der Waals surface area contributed by atoms with E-state index in [2.05, 4.69) is 12.8 Å². The van der Waals surface area contributed by atoms with Crippen LogP contribution in [-0.2, 0) is 4.74 Å². The van der Waals surface area contributed by atoms with Gasteiger partial charge in [0.25, 0.3) is 0 Å². The normalized spacial score (nSPS) is 12.3. The average Bonchev–Trinajstić information content (AvgIpc) is 2.25. The van der Waals surface area contributed by atoms with E-state index in [1.165, 1.54) is 38.5 Å². The molecule has 0 aromatic carbocycles. The Morgan fingerprint density at radius 1 is 1.13 bits per heavy atom. The van der Waals surface area contributed by atoms with Gasteiger partial charge in [0.15, 0.2) is 6.29 Å². The molecule has 1 atom stereocenters. The molecule has 2 nitrogen and oxygen atoms in total. The molecule has 88 valence electrons. The van der Waals surface area contributed by atoms with Gasteiger partial charge in [-0.25, -0.2) is 0 Å². The van der Waals surface area contributed by atoms with Crippen LogP contribution in [0.25, 0.3) is 0 Å².